The number of aromatic amines is 1. The fourth-order valence-corrected chi connectivity index (χ4v) is 3.18. The van der Waals surface area contributed by atoms with Crippen LogP contribution < -0.4 is 5.73 Å². The molecule has 22 heavy (non-hydrogen) atoms. The largest absolute Gasteiger partial charge is 0.463 e. The molecule has 0 aliphatic heterocycles. The Morgan fingerprint density at radius 1 is 1.27 bits per heavy atom. The molecular formula is C15H21N5O2. The van der Waals surface area contributed by atoms with Crippen LogP contribution in [0.5, 0.6) is 0 Å². The number of imidazole rings is 1. The molecule has 0 radical (unpaired) electrons. The lowest BCUT2D eigenvalue weighted by Crippen LogP contribution is -2.16. The van der Waals surface area contributed by atoms with Crippen molar-refractivity contribution < 1.29 is 9.53 Å². The van der Waals surface area contributed by atoms with Crippen LogP contribution in [0.15, 0.2) is 0 Å². The molecule has 3 rings (SSSR count). The van der Waals surface area contributed by atoms with E-state index < -0.39 is 5.97 Å². The molecule has 2 aromatic heterocycles. The van der Waals surface area contributed by atoms with Crippen molar-refractivity contribution in [1.82, 2.24) is 19.9 Å². The number of carbonyl (C=O) groups is 1. The monoisotopic (exact) mass is 303 g/mol. The number of esters is 1. The summed E-state index contributed by atoms with van der Waals surface area (Å²) in [6.07, 6.45) is 6.25. The molecule has 1 aliphatic carbocycles. The minimum atomic E-state index is -0.542. The van der Waals surface area contributed by atoms with E-state index in [-0.39, 0.29) is 11.7 Å². The fourth-order valence-electron chi connectivity index (χ4n) is 3.18. The topological polar surface area (TPSA) is 107 Å². The number of nitrogen functional groups attached to an aromatic ring is 1. The van der Waals surface area contributed by atoms with E-state index >= 15 is 0 Å². The summed E-state index contributed by atoms with van der Waals surface area (Å²) in [5, 5.41) is 0. The first kappa shape index (κ1) is 14.7. The average molecular weight is 303 g/mol. The van der Waals surface area contributed by atoms with Crippen LogP contribution in [0.1, 0.15) is 61.4 Å². The number of methoxy groups -OCH3 is 1. The molecule has 1 saturated carbocycles. The number of hydrogen-bond acceptors (Lipinski definition) is 6. The third-order valence-electron chi connectivity index (χ3n) is 4.54. The molecule has 1 atom stereocenters. The van der Waals surface area contributed by atoms with Gasteiger partial charge in [0.2, 0.25) is 5.82 Å². The zero-order valence-electron chi connectivity index (χ0n) is 12.9. The van der Waals surface area contributed by atoms with Gasteiger partial charge in [-0.05, 0) is 18.8 Å². The molecule has 3 N–H and O–H groups in total. The standard InChI is InChI=1S/C15H21N5O2/c1-8(9-6-4-3-5-7-9)12-18-11(16)10-13(19-12)20-14(17-10)15(21)22-2/h8-9H,3-7H2,1-2H3,(H3,16,17,18,19,20). The molecular weight excluding hydrogens is 282 g/mol. The van der Waals surface area contributed by atoms with Gasteiger partial charge < -0.3 is 15.5 Å². The molecule has 1 aliphatic rings. The lowest BCUT2D eigenvalue weighted by Gasteiger charge is -2.26. The highest BCUT2D eigenvalue weighted by Gasteiger charge is 2.25. The second-order valence-electron chi connectivity index (χ2n) is 5.93. The first-order valence-electron chi connectivity index (χ1n) is 7.71. The first-order chi connectivity index (χ1) is 10.6. The number of aromatic nitrogens is 4. The van der Waals surface area contributed by atoms with E-state index in [4.69, 9.17) is 5.73 Å². The third-order valence-corrected chi connectivity index (χ3v) is 4.54. The summed E-state index contributed by atoms with van der Waals surface area (Å²) in [6, 6.07) is 0. The first-order valence-corrected chi connectivity index (χ1v) is 7.71. The zero-order valence-corrected chi connectivity index (χ0v) is 12.9. The van der Waals surface area contributed by atoms with E-state index in [1.165, 1.54) is 39.2 Å². The second-order valence-corrected chi connectivity index (χ2v) is 5.93. The van der Waals surface area contributed by atoms with E-state index in [0.29, 0.717) is 28.7 Å². The smallest absolute Gasteiger partial charge is 0.374 e. The maximum absolute atomic E-state index is 11.6. The van der Waals surface area contributed by atoms with E-state index in [1.54, 1.807) is 0 Å². The Labute approximate surface area is 128 Å². The minimum absolute atomic E-state index is 0.0981. The van der Waals surface area contributed by atoms with Gasteiger partial charge >= 0.3 is 5.97 Å². The molecule has 2 heterocycles. The number of hydrogen-bond donors (Lipinski definition) is 2. The van der Waals surface area contributed by atoms with E-state index in [1.807, 2.05) is 0 Å². The Hall–Kier alpha value is -2.18. The summed E-state index contributed by atoms with van der Waals surface area (Å²) in [7, 11) is 1.31. The summed E-state index contributed by atoms with van der Waals surface area (Å²) in [4.78, 5) is 27.5. The van der Waals surface area contributed by atoms with Crippen LogP contribution in [0.3, 0.4) is 0 Å². The van der Waals surface area contributed by atoms with Gasteiger partial charge in [-0.3, -0.25) is 0 Å². The Morgan fingerprint density at radius 2 is 2.00 bits per heavy atom. The number of carbonyl (C=O) groups excluding carboxylic acids is 1. The van der Waals surface area contributed by atoms with Gasteiger partial charge in [0.15, 0.2) is 11.5 Å². The summed E-state index contributed by atoms with van der Waals surface area (Å²) in [5.41, 5.74) is 6.91. The van der Waals surface area contributed by atoms with Crippen LogP contribution in [0, 0.1) is 5.92 Å². The van der Waals surface area contributed by atoms with Gasteiger partial charge in [0.25, 0.3) is 0 Å². The SMILES string of the molecule is COC(=O)c1nc2nc(C(C)C3CCCCC3)nc(N)c2[nH]1. The van der Waals surface area contributed by atoms with Crippen molar-refractivity contribution in [2.24, 2.45) is 5.92 Å². The van der Waals surface area contributed by atoms with E-state index in [9.17, 15) is 4.79 Å². The van der Waals surface area contributed by atoms with Crippen molar-refractivity contribution in [2.75, 3.05) is 12.8 Å². The zero-order chi connectivity index (χ0) is 15.7. The molecule has 2 aromatic rings. The van der Waals surface area contributed by atoms with Crippen molar-refractivity contribution in [3.05, 3.63) is 11.6 Å². The Bertz CT molecular complexity index is 691. The molecule has 0 saturated heterocycles. The Kier molecular flexibility index (Phi) is 3.96. The van der Waals surface area contributed by atoms with Gasteiger partial charge in [-0.15, -0.1) is 0 Å². The third kappa shape index (κ3) is 2.63. The molecule has 0 spiro atoms. The molecule has 0 aromatic carbocycles. The van der Waals surface area contributed by atoms with Crippen molar-refractivity contribution in [1.29, 1.82) is 0 Å². The molecule has 118 valence electrons. The predicted octanol–water partition coefficient (Wildman–Crippen LogP) is 2.41. The Balaban J connectivity index is 1.95. The van der Waals surface area contributed by atoms with Crippen LogP contribution >= 0.6 is 0 Å². The number of ether oxygens (including phenoxy) is 1. The molecule has 0 bridgehead atoms. The molecule has 0 amide bonds. The van der Waals surface area contributed by atoms with Gasteiger partial charge in [-0.1, -0.05) is 26.2 Å². The predicted molar refractivity (Wildman–Crippen MR) is 82.4 cm³/mol. The van der Waals surface area contributed by atoms with Gasteiger partial charge in [-0.2, -0.15) is 0 Å². The molecule has 7 heteroatoms. The number of nitrogens with two attached hydrogens (primary N) is 1. The van der Waals surface area contributed by atoms with Crippen LogP contribution in [-0.4, -0.2) is 33.0 Å². The van der Waals surface area contributed by atoms with Gasteiger partial charge in [0.1, 0.15) is 11.3 Å². The number of anilines is 1. The van der Waals surface area contributed by atoms with Crippen molar-refractivity contribution in [3.63, 3.8) is 0 Å². The highest BCUT2D eigenvalue weighted by atomic mass is 16.5. The summed E-state index contributed by atoms with van der Waals surface area (Å²) < 4.78 is 4.66. The fraction of sp³-hybridized carbons (Fsp3) is 0.600. The highest BCUT2D eigenvalue weighted by molar-refractivity contribution is 5.91. The van der Waals surface area contributed by atoms with Crippen LogP contribution in [0.25, 0.3) is 11.2 Å². The average Bonchev–Trinajstić information content (AvgIpc) is 2.99. The summed E-state index contributed by atoms with van der Waals surface area (Å²) in [5.74, 6) is 1.42. The van der Waals surface area contributed by atoms with Crippen molar-refractivity contribution in [2.45, 2.75) is 44.9 Å². The van der Waals surface area contributed by atoms with Crippen LogP contribution in [-0.2, 0) is 4.74 Å². The number of nitrogens with one attached hydrogen (secondary N) is 1. The van der Waals surface area contributed by atoms with Crippen molar-refractivity contribution in [3.8, 4) is 0 Å². The lowest BCUT2D eigenvalue weighted by molar-refractivity contribution is 0.0588. The molecule has 7 nitrogen and oxygen atoms in total. The van der Waals surface area contributed by atoms with Crippen LogP contribution in [0.2, 0.25) is 0 Å². The van der Waals surface area contributed by atoms with Gasteiger partial charge in [0.05, 0.1) is 7.11 Å². The quantitative estimate of drug-likeness (QED) is 0.843. The van der Waals surface area contributed by atoms with E-state index in [0.717, 1.165) is 0 Å². The summed E-state index contributed by atoms with van der Waals surface area (Å²) >= 11 is 0. The summed E-state index contributed by atoms with van der Waals surface area (Å²) in [6.45, 7) is 2.14. The minimum Gasteiger partial charge on any atom is -0.463 e. The van der Waals surface area contributed by atoms with Crippen molar-refractivity contribution >= 4 is 23.0 Å². The number of H-pyrrole nitrogens is 1. The Morgan fingerprint density at radius 3 is 2.68 bits per heavy atom. The van der Waals surface area contributed by atoms with Gasteiger partial charge in [-0.25, -0.2) is 19.7 Å². The highest BCUT2D eigenvalue weighted by Crippen LogP contribution is 2.35. The van der Waals surface area contributed by atoms with Gasteiger partial charge in [0, 0.05) is 5.92 Å². The molecule has 1 unspecified atom stereocenters. The maximum Gasteiger partial charge on any atom is 0.374 e. The second kappa shape index (κ2) is 5.90. The lowest BCUT2D eigenvalue weighted by atomic mass is 9.80. The number of rotatable bonds is 3. The van der Waals surface area contributed by atoms with E-state index in [2.05, 4.69) is 31.6 Å². The molecule has 1 fully saturated rings. The number of fused-ring (bicyclic) bond motifs is 1. The maximum atomic E-state index is 11.6. The van der Waals surface area contributed by atoms with Crippen LogP contribution in [0.4, 0.5) is 5.82 Å². The normalized spacial score (nSPS) is 17.5. The number of nitrogens with zero attached hydrogens (tertiary/aromatic N) is 3.